The topological polar surface area (TPSA) is 66.4 Å². The average molecular weight is 379 g/mol. The van der Waals surface area contributed by atoms with Gasteiger partial charge in [0.1, 0.15) is 0 Å². The first-order valence-electron chi connectivity index (χ1n) is 5.75. The number of thiophene rings is 1. The molecule has 1 amide bonds. The van der Waals surface area contributed by atoms with Crippen LogP contribution >= 0.6 is 33.9 Å². The van der Waals surface area contributed by atoms with Crippen molar-refractivity contribution >= 4 is 45.8 Å². The Kier molecular flexibility index (Phi) is 4.26. The summed E-state index contributed by atoms with van der Waals surface area (Å²) in [6.45, 7) is 0.463. The fourth-order valence-electron chi connectivity index (χ4n) is 2.21. The van der Waals surface area contributed by atoms with Crippen molar-refractivity contribution < 1.29 is 14.7 Å². The number of carboxylic acids is 1. The monoisotopic (exact) mass is 379 g/mol. The van der Waals surface area contributed by atoms with Crippen LogP contribution in [0.2, 0.25) is 0 Å². The van der Waals surface area contributed by atoms with Crippen LogP contribution in [-0.2, 0) is 4.79 Å². The van der Waals surface area contributed by atoms with E-state index in [4.69, 9.17) is 5.11 Å². The van der Waals surface area contributed by atoms with Gasteiger partial charge in [0.25, 0.3) is 5.91 Å². The second-order valence-electron chi connectivity index (χ2n) is 4.75. The molecule has 1 aliphatic carbocycles. The van der Waals surface area contributed by atoms with E-state index in [1.807, 2.05) is 11.4 Å². The van der Waals surface area contributed by atoms with Gasteiger partial charge in [-0.05, 0) is 46.9 Å². The number of halogens is 1. The Bertz CT molecular complexity index is 468. The van der Waals surface area contributed by atoms with Crippen molar-refractivity contribution in [3.05, 3.63) is 19.9 Å². The van der Waals surface area contributed by atoms with Crippen molar-refractivity contribution in [2.24, 2.45) is 5.41 Å². The second kappa shape index (κ2) is 5.56. The van der Waals surface area contributed by atoms with Gasteiger partial charge in [-0.25, -0.2) is 0 Å². The molecule has 0 unspecified atom stereocenters. The predicted octanol–water partition coefficient (Wildman–Crippen LogP) is 2.73. The molecule has 6 heteroatoms. The maximum absolute atomic E-state index is 11.9. The summed E-state index contributed by atoms with van der Waals surface area (Å²) in [5.41, 5.74) is 0.444. The normalized spacial score (nSPS) is 16.9. The molecule has 0 aromatic carbocycles. The summed E-state index contributed by atoms with van der Waals surface area (Å²) < 4.78 is 1.07. The van der Waals surface area contributed by atoms with E-state index in [1.54, 1.807) is 0 Å². The largest absolute Gasteiger partial charge is 0.481 e. The SMILES string of the molecule is O=C(O)CC1(CNC(=O)c2csc(I)c2)CCC1. The summed E-state index contributed by atoms with van der Waals surface area (Å²) in [4.78, 5) is 22.7. The summed E-state index contributed by atoms with van der Waals surface area (Å²) in [6, 6.07) is 1.84. The third-order valence-electron chi connectivity index (χ3n) is 3.39. The van der Waals surface area contributed by atoms with Gasteiger partial charge in [-0.2, -0.15) is 0 Å². The summed E-state index contributed by atoms with van der Waals surface area (Å²) in [6.07, 6.45) is 2.98. The van der Waals surface area contributed by atoms with E-state index in [0.717, 1.165) is 22.1 Å². The molecule has 18 heavy (non-hydrogen) atoms. The van der Waals surface area contributed by atoms with Gasteiger partial charge in [-0.1, -0.05) is 6.42 Å². The van der Waals surface area contributed by atoms with Gasteiger partial charge in [0, 0.05) is 11.9 Å². The minimum atomic E-state index is -0.783. The smallest absolute Gasteiger partial charge is 0.303 e. The van der Waals surface area contributed by atoms with E-state index >= 15 is 0 Å². The fourth-order valence-corrected chi connectivity index (χ4v) is 3.54. The molecule has 0 saturated heterocycles. The molecule has 0 atom stereocenters. The lowest BCUT2D eigenvalue weighted by molar-refractivity contribution is -0.141. The fraction of sp³-hybridized carbons (Fsp3) is 0.500. The summed E-state index contributed by atoms with van der Waals surface area (Å²) in [7, 11) is 0. The quantitative estimate of drug-likeness (QED) is 0.774. The molecule has 4 nitrogen and oxygen atoms in total. The predicted molar refractivity (Wildman–Crippen MR) is 77.9 cm³/mol. The number of carbonyl (C=O) groups is 2. The lowest BCUT2D eigenvalue weighted by atomic mass is 9.66. The van der Waals surface area contributed by atoms with Gasteiger partial charge in [0.05, 0.1) is 14.9 Å². The number of amides is 1. The van der Waals surface area contributed by atoms with Gasteiger partial charge in [0.2, 0.25) is 0 Å². The Labute approximate surface area is 123 Å². The standard InChI is InChI=1S/C12H14INO3S/c13-9-4-8(6-18-9)11(17)14-7-12(2-1-3-12)5-10(15)16/h4,6H,1-3,5,7H2,(H,14,17)(H,15,16). The van der Waals surface area contributed by atoms with Crippen molar-refractivity contribution in [1.82, 2.24) is 5.32 Å². The number of hydrogen-bond acceptors (Lipinski definition) is 3. The third kappa shape index (κ3) is 3.23. The molecule has 1 heterocycles. The molecule has 0 bridgehead atoms. The Morgan fingerprint density at radius 2 is 2.22 bits per heavy atom. The average Bonchev–Trinajstić information content (AvgIpc) is 2.68. The number of hydrogen-bond donors (Lipinski definition) is 2. The molecule has 0 spiro atoms. The highest BCUT2D eigenvalue weighted by Gasteiger charge is 2.39. The Morgan fingerprint density at radius 3 is 2.67 bits per heavy atom. The number of nitrogens with one attached hydrogen (secondary N) is 1. The van der Waals surface area contributed by atoms with Gasteiger partial charge in [0.15, 0.2) is 0 Å². The summed E-state index contributed by atoms with van der Waals surface area (Å²) >= 11 is 3.70. The first kappa shape index (κ1) is 13.8. The van der Waals surface area contributed by atoms with Crippen LogP contribution in [0.25, 0.3) is 0 Å². The molecule has 1 aromatic rings. The van der Waals surface area contributed by atoms with Crippen molar-refractivity contribution in [3.63, 3.8) is 0 Å². The van der Waals surface area contributed by atoms with E-state index in [-0.39, 0.29) is 17.7 Å². The van der Waals surface area contributed by atoms with Crippen molar-refractivity contribution in [2.75, 3.05) is 6.54 Å². The number of rotatable bonds is 5. The van der Waals surface area contributed by atoms with Crippen LogP contribution in [0, 0.1) is 8.30 Å². The molecule has 1 fully saturated rings. The van der Waals surface area contributed by atoms with Gasteiger partial charge in [-0.15, -0.1) is 11.3 Å². The molecule has 1 aliphatic rings. The van der Waals surface area contributed by atoms with Crippen LogP contribution < -0.4 is 5.32 Å². The molecule has 2 rings (SSSR count). The van der Waals surface area contributed by atoms with Crippen LogP contribution in [0.5, 0.6) is 0 Å². The molecule has 0 radical (unpaired) electrons. The van der Waals surface area contributed by atoms with E-state index in [2.05, 4.69) is 27.9 Å². The highest BCUT2D eigenvalue weighted by molar-refractivity contribution is 14.1. The van der Waals surface area contributed by atoms with E-state index in [9.17, 15) is 9.59 Å². The first-order chi connectivity index (χ1) is 8.51. The maximum atomic E-state index is 11.9. The second-order valence-corrected chi connectivity index (χ2v) is 7.55. The Balaban J connectivity index is 1.90. The van der Waals surface area contributed by atoms with Crippen LogP contribution in [0.4, 0.5) is 0 Å². The van der Waals surface area contributed by atoms with E-state index in [0.29, 0.717) is 12.1 Å². The number of aliphatic carboxylic acids is 1. The molecule has 1 saturated carbocycles. The van der Waals surface area contributed by atoms with Crippen molar-refractivity contribution in [1.29, 1.82) is 0 Å². The highest BCUT2D eigenvalue weighted by atomic mass is 127. The van der Waals surface area contributed by atoms with Crippen LogP contribution in [-0.4, -0.2) is 23.5 Å². The molecular formula is C12H14INO3S. The molecule has 1 aromatic heterocycles. The number of carboxylic acid groups (broad SMARTS) is 1. The number of carbonyl (C=O) groups excluding carboxylic acids is 1. The zero-order valence-corrected chi connectivity index (χ0v) is 12.7. The third-order valence-corrected chi connectivity index (χ3v) is 5.18. The zero-order valence-electron chi connectivity index (χ0n) is 9.74. The van der Waals surface area contributed by atoms with Gasteiger partial charge in [-0.3, -0.25) is 9.59 Å². The minimum Gasteiger partial charge on any atom is -0.481 e. The minimum absolute atomic E-state index is 0.106. The first-order valence-corrected chi connectivity index (χ1v) is 7.71. The van der Waals surface area contributed by atoms with Crippen molar-refractivity contribution in [3.8, 4) is 0 Å². The lowest BCUT2D eigenvalue weighted by Gasteiger charge is -2.40. The van der Waals surface area contributed by atoms with E-state index < -0.39 is 5.97 Å². The van der Waals surface area contributed by atoms with Gasteiger partial charge < -0.3 is 10.4 Å². The molecule has 98 valence electrons. The molecule has 0 aliphatic heterocycles. The van der Waals surface area contributed by atoms with Crippen LogP contribution in [0.15, 0.2) is 11.4 Å². The molecule has 2 N–H and O–H groups in total. The molecular weight excluding hydrogens is 365 g/mol. The lowest BCUT2D eigenvalue weighted by Crippen LogP contribution is -2.43. The summed E-state index contributed by atoms with van der Waals surface area (Å²) in [5, 5.41) is 13.6. The highest BCUT2D eigenvalue weighted by Crippen LogP contribution is 2.43. The summed E-state index contributed by atoms with van der Waals surface area (Å²) in [5.74, 6) is -0.889. The van der Waals surface area contributed by atoms with Crippen LogP contribution in [0.1, 0.15) is 36.0 Å². The van der Waals surface area contributed by atoms with E-state index in [1.165, 1.54) is 11.3 Å². The maximum Gasteiger partial charge on any atom is 0.303 e. The van der Waals surface area contributed by atoms with Crippen LogP contribution in [0.3, 0.4) is 0 Å². The van der Waals surface area contributed by atoms with Crippen molar-refractivity contribution in [2.45, 2.75) is 25.7 Å². The Morgan fingerprint density at radius 1 is 1.50 bits per heavy atom. The zero-order chi connectivity index (χ0) is 13.2. The Hall–Kier alpha value is -0.630. The van der Waals surface area contributed by atoms with Gasteiger partial charge >= 0.3 is 5.97 Å².